The minimum Gasteiger partial charge on any atom is -0.444 e. The van der Waals surface area contributed by atoms with Crippen LogP contribution < -0.4 is 5.32 Å². The number of amides is 2. The molecule has 8 nitrogen and oxygen atoms in total. The number of para-hydroxylation sites is 1. The van der Waals surface area contributed by atoms with Crippen LogP contribution in [0.15, 0.2) is 36.5 Å². The SMILES string of the molecule is CN(CC(=S)N[C@H]1CCS[C@H]2CC(C)(C)[C@@H](C(=O)n3ccc4ccccc43)N2C1=O)C(=O)OC(C)(C)C. The molecular formula is C27H36N4O4S2. The zero-order chi connectivity index (χ0) is 27.1. The van der Waals surface area contributed by atoms with Crippen LogP contribution in [0.4, 0.5) is 4.79 Å². The highest BCUT2D eigenvalue weighted by Gasteiger charge is 2.54. The number of nitrogens with zero attached hydrogens (tertiary/aromatic N) is 3. The fourth-order valence-electron chi connectivity index (χ4n) is 5.09. The molecule has 2 amide bonds. The van der Waals surface area contributed by atoms with Crippen LogP contribution in [-0.2, 0) is 9.53 Å². The maximum Gasteiger partial charge on any atom is 0.410 e. The Morgan fingerprint density at radius 3 is 2.65 bits per heavy atom. The normalized spacial score (nSPS) is 23.4. The summed E-state index contributed by atoms with van der Waals surface area (Å²) < 4.78 is 7.08. The van der Waals surface area contributed by atoms with E-state index in [4.69, 9.17) is 17.0 Å². The highest BCUT2D eigenvalue weighted by atomic mass is 32.2. The van der Waals surface area contributed by atoms with E-state index in [9.17, 15) is 14.4 Å². The number of hydrogen-bond acceptors (Lipinski definition) is 6. The Balaban J connectivity index is 1.53. The predicted molar refractivity (Wildman–Crippen MR) is 151 cm³/mol. The zero-order valence-corrected chi connectivity index (χ0v) is 23.9. The van der Waals surface area contributed by atoms with Gasteiger partial charge in [0, 0.05) is 18.6 Å². The van der Waals surface area contributed by atoms with Gasteiger partial charge in [-0.2, -0.15) is 0 Å². The Kier molecular flexibility index (Phi) is 7.63. The summed E-state index contributed by atoms with van der Waals surface area (Å²) in [5, 5.41) is 4.08. The Bertz CT molecular complexity index is 1220. The molecule has 2 aliphatic rings. The summed E-state index contributed by atoms with van der Waals surface area (Å²) in [6.07, 6.45) is 2.63. The molecule has 1 aromatic carbocycles. The van der Waals surface area contributed by atoms with Crippen molar-refractivity contribution in [2.24, 2.45) is 5.41 Å². The first kappa shape index (κ1) is 27.4. The van der Waals surface area contributed by atoms with Crippen molar-refractivity contribution in [3.63, 3.8) is 0 Å². The van der Waals surface area contributed by atoms with Gasteiger partial charge in [0.1, 0.15) is 17.7 Å². The van der Waals surface area contributed by atoms with Crippen LogP contribution in [0.2, 0.25) is 0 Å². The second-order valence-electron chi connectivity index (χ2n) is 11.5. The summed E-state index contributed by atoms with van der Waals surface area (Å²) in [6, 6.07) is 8.52. The van der Waals surface area contributed by atoms with Gasteiger partial charge in [-0.1, -0.05) is 44.3 Å². The molecule has 2 aliphatic heterocycles. The molecule has 0 bridgehead atoms. The smallest absolute Gasteiger partial charge is 0.410 e. The van der Waals surface area contributed by atoms with E-state index >= 15 is 0 Å². The highest BCUT2D eigenvalue weighted by molar-refractivity contribution is 7.99. The topological polar surface area (TPSA) is 83.9 Å². The highest BCUT2D eigenvalue weighted by Crippen LogP contribution is 2.47. The summed E-state index contributed by atoms with van der Waals surface area (Å²) >= 11 is 7.24. The first-order valence-electron chi connectivity index (χ1n) is 12.6. The Morgan fingerprint density at radius 2 is 1.95 bits per heavy atom. The van der Waals surface area contributed by atoms with Gasteiger partial charge in [0.05, 0.1) is 22.4 Å². The monoisotopic (exact) mass is 544 g/mol. The lowest BCUT2D eigenvalue weighted by Crippen LogP contribution is -2.55. The lowest BCUT2D eigenvalue weighted by molar-refractivity contribution is -0.134. The molecule has 0 spiro atoms. The summed E-state index contributed by atoms with van der Waals surface area (Å²) in [5.74, 6) is 0.534. The van der Waals surface area contributed by atoms with Gasteiger partial charge in [-0.25, -0.2) is 4.79 Å². The largest absolute Gasteiger partial charge is 0.444 e. The van der Waals surface area contributed by atoms with Gasteiger partial charge in [-0.15, -0.1) is 11.8 Å². The number of aromatic nitrogens is 1. The van der Waals surface area contributed by atoms with E-state index in [1.54, 1.807) is 55.2 Å². The van der Waals surface area contributed by atoms with Crippen molar-refractivity contribution in [3.05, 3.63) is 36.5 Å². The first-order chi connectivity index (χ1) is 17.3. The molecule has 2 fully saturated rings. The Hall–Kier alpha value is -2.59. The van der Waals surface area contributed by atoms with E-state index in [-0.39, 0.29) is 23.7 Å². The quantitative estimate of drug-likeness (QED) is 0.567. The molecule has 1 aromatic heterocycles. The molecule has 200 valence electrons. The molecule has 1 N–H and O–H groups in total. The Labute approximate surface area is 228 Å². The standard InChI is InChI=1S/C27H36N4O4S2/c1-26(2,3)35-25(34)29(6)16-20(36)28-18-12-14-37-21-15-27(4,5)22(31(21)23(18)32)24(33)30-13-11-17-9-7-8-10-19(17)30/h7-11,13,18,21-22H,12,14-16H2,1-6H3,(H,28,36)/t18-,21-,22+/m0/s1. The van der Waals surface area contributed by atoms with Gasteiger partial charge >= 0.3 is 6.09 Å². The second-order valence-corrected chi connectivity index (χ2v) is 13.3. The number of carbonyl (C=O) groups excluding carboxylic acids is 3. The fraction of sp³-hybridized carbons (Fsp3) is 0.556. The molecule has 0 radical (unpaired) electrons. The number of likely N-dealkylation sites (N-methyl/N-ethyl adjacent to an activating group) is 1. The third-order valence-electron chi connectivity index (χ3n) is 6.79. The van der Waals surface area contributed by atoms with Crippen molar-refractivity contribution in [2.75, 3.05) is 19.3 Å². The van der Waals surface area contributed by atoms with Crippen molar-refractivity contribution in [2.45, 2.75) is 70.5 Å². The van der Waals surface area contributed by atoms with Crippen LogP contribution in [0.25, 0.3) is 10.9 Å². The van der Waals surface area contributed by atoms with Crippen molar-refractivity contribution in [3.8, 4) is 0 Å². The van der Waals surface area contributed by atoms with Gasteiger partial charge in [-0.05, 0) is 56.9 Å². The molecule has 37 heavy (non-hydrogen) atoms. The lowest BCUT2D eigenvalue weighted by atomic mass is 9.84. The maximum absolute atomic E-state index is 14.0. The molecule has 4 rings (SSSR count). The number of fused-ring (bicyclic) bond motifs is 2. The summed E-state index contributed by atoms with van der Waals surface area (Å²) in [7, 11) is 1.61. The van der Waals surface area contributed by atoms with E-state index < -0.39 is 29.2 Å². The summed E-state index contributed by atoms with van der Waals surface area (Å²) in [6.45, 7) is 9.67. The van der Waals surface area contributed by atoms with E-state index in [1.165, 1.54) is 4.90 Å². The summed E-state index contributed by atoms with van der Waals surface area (Å²) in [4.78, 5) is 43.8. The number of benzene rings is 1. The lowest BCUT2D eigenvalue weighted by Gasteiger charge is -2.34. The van der Waals surface area contributed by atoms with Crippen molar-refractivity contribution in [1.29, 1.82) is 0 Å². The molecule has 2 saturated heterocycles. The second kappa shape index (κ2) is 10.3. The van der Waals surface area contributed by atoms with Crippen molar-refractivity contribution < 1.29 is 19.1 Å². The molecule has 3 heterocycles. The fourth-order valence-corrected chi connectivity index (χ4v) is 7.00. The van der Waals surface area contributed by atoms with Gasteiger partial charge in [0.15, 0.2) is 0 Å². The van der Waals surface area contributed by atoms with Crippen LogP contribution in [0, 0.1) is 5.41 Å². The molecule has 0 aliphatic carbocycles. The van der Waals surface area contributed by atoms with Crippen molar-refractivity contribution >= 4 is 57.8 Å². The number of ether oxygens (including phenoxy) is 1. The molecular weight excluding hydrogens is 508 g/mol. The van der Waals surface area contributed by atoms with Crippen LogP contribution >= 0.6 is 24.0 Å². The molecule has 10 heteroatoms. The van der Waals surface area contributed by atoms with Gasteiger partial charge in [0.2, 0.25) is 5.91 Å². The third kappa shape index (κ3) is 5.80. The molecule has 2 aromatic rings. The molecule has 0 unspecified atom stereocenters. The minimum atomic E-state index is -0.612. The average molecular weight is 545 g/mol. The number of thioether (sulfide) groups is 1. The maximum atomic E-state index is 14.0. The van der Waals surface area contributed by atoms with Crippen LogP contribution in [0.5, 0.6) is 0 Å². The summed E-state index contributed by atoms with van der Waals surface area (Å²) in [5.41, 5.74) is -0.170. The van der Waals surface area contributed by atoms with Crippen molar-refractivity contribution in [1.82, 2.24) is 19.7 Å². The van der Waals surface area contributed by atoms with Crippen LogP contribution in [0.1, 0.15) is 52.3 Å². The molecule has 3 atom stereocenters. The first-order valence-corrected chi connectivity index (χ1v) is 14.0. The van der Waals surface area contributed by atoms with E-state index in [1.807, 2.05) is 30.3 Å². The van der Waals surface area contributed by atoms with Gasteiger partial charge < -0.3 is 19.9 Å². The minimum absolute atomic E-state index is 0.0805. The van der Waals surface area contributed by atoms with E-state index in [0.717, 1.165) is 23.1 Å². The average Bonchev–Trinajstić information content (AvgIpc) is 3.30. The van der Waals surface area contributed by atoms with Crippen LogP contribution in [0.3, 0.4) is 0 Å². The van der Waals surface area contributed by atoms with E-state index in [0.29, 0.717) is 11.4 Å². The van der Waals surface area contributed by atoms with E-state index in [2.05, 4.69) is 19.2 Å². The van der Waals surface area contributed by atoms with Crippen LogP contribution in [-0.4, -0.2) is 79.7 Å². The zero-order valence-electron chi connectivity index (χ0n) is 22.3. The number of carbonyl (C=O) groups is 3. The van der Waals surface area contributed by atoms with Gasteiger partial charge in [0.25, 0.3) is 5.91 Å². The Morgan fingerprint density at radius 1 is 1.24 bits per heavy atom. The molecule has 0 saturated carbocycles. The third-order valence-corrected chi connectivity index (χ3v) is 8.29. The number of hydrogen-bond donors (Lipinski definition) is 1. The number of nitrogens with one attached hydrogen (secondary N) is 1. The number of thiocarbonyl (C=S) groups is 1. The predicted octanol–water partition coefficient (Wildman–Crippen LogP) is 4.52. The number of rotatable bonds is 4. The van der Waals surface area contributed by atoms with Gasteiger partial charge in [-0.3, -0.25) is 14.2 Å².